The minimum atomic E-state index is -0.311. The molecule has 1 saturated heterocycles. The topological polar surface area (TPSA) is 86.8 Å². The number of likely N-dealkylation sites (tertiary alicyclic amines) is 1. The highest BCUT2D eigenvalue weighted by Crippen LogP contribution is 2.46. The number of amides is 3. The summed E-state index contributed by atoms with van der Waals surface area (Å²) in [5.74, 6) is 1.70. The summed E-state index contributed by atoms with van der Waals surface area (Å²) in [6.07, 6.45) is 3.71. The van der Waals surface area contributed by atoms with Crippen LogP contribution < -0.4 is 20.3 Å². The van der Waals surface area contributed by atoms with Crippen LogP contribution in [0.3, 0.4) is 0 Å². The van der Waals surface area contributed by atoms with Crippen LogP contribution in [0.15, 0.2) is 54.7 Å². The van der Waals surface area contributed by atoms with Gasteiger partial charge < -0.3 is 20.3 Å². The number of ether oxygens (including phenoxy) is 1. The van der Waals surface area contributed by atoms with Crippen molar-refractivity contribution in [3.63, 3.8) is 0 Å². The van der Waals surface area contributed by atoms with Crippen molar-refractivity contribution in [2.24, 2.45) is 0 Å². The van der Waals surface area contributed by atoms with Gasteiger partial charge in [-0.3, -0.25) is 9.69 Å². The summed E-state index contributed by atoms with van der Waals surface area (Å²) in [5, 5.41) is 7.01. The summed E-state index contributed by atoms with van der Waals surface area (Å²) < 4.78 is 6.27. The number of para-hydroxylation sites is 1. The van der Waals surface area contributed by atoms with Gasteiger partial charge in [0.1, 0.15) is 21.2 Å². The van der Waals surface area contributed by atoms with Crippen LogP contribution in [0.5, 0.6) is 11.5 Å². The number of aromatic nitrogens is 1. The first-order chi connectivity index (χ1) is 19.8. The maximum absolute atomic E-state index is 13.6. The number of thiophene rings is 1. The van der Waals surface area contributed by atoms with Crippen molar-refractivity contribution < 1.29 is 14.3 Å². The molecule has 9 heteroatoms. The number of anilines is 3. The van der Waals surface area contributed by atoms with Gasteiger partial charge in [-0.2, -0.15) is 0 Å². The van der Waals surface area contributed by atoms with Crippen molar-refractivity contribution in [3.8, 4) is 11.5 Å². The Morgan fingerprint density at radius 1 is 1.20 bits per heavy atom. The molecule has 1 atom stereocenters. The van der Waals surface area contributed by atoms with Crippen LogP contribution in [0.2, 0.25) is 0 Å². The quantitative estimate of drug-likeness (QED) is 0.242. The predicted octanol–water partition coefficient (Wildman–Crippen LogP) is 7.42. The second kappa shape index (κ2) is 11.1. The van der Waals surface area contributed by atoms with E-state index < -0.39 is 0 Å². The molecule has 0 bridgehead atoms. The fourth-order valence-corrected chi connectivity index (χ4v) is 6.84. The molecular formula is C32H35N5O3S. The van der Waals surface area contributed by atoms with E-state index in [1.165, 1.54) is 11.3 Å². The maximum Gasteiger partial charge on any atom is 0.331 e. The van der Waals surface area contributed by atoms with Crippen LogP contribution in [0.25, 0.3) is 10.2 Å². The normalized spacial score (nSPS) is 17.1. The van der Waals surface area contributed by atoms with Gasteiger partial charge in [0, 0.05) is 18.8 Å². The van der Waals surface area contributed by atoms with E-state index in [9.17, 15) is 9.59 Å². The highest BCUT2D eigenvalue weighted by atomic mass is 32.1. The molecule has 4 aromatic rings. The van der Waals surface area contributed by atoms with E-state index in [-0.39, 0.29) is 18.0 Å². The van der Waals surface area contributed by atoms with Crippen molar-refractivity contribution in [2.75, 3.05) is 29.9 Å². The Balaban J connectivity index is 1.30. The molecule has 2 aromatic heterocycles. The van der Waals surface area contributed by atoms with E-state index in [1.807, 2.05) is 49.4 Å². The third-order valence-corrected chi connectivity index (χ3v) is 9.01. The Labute approximate surface area is 244 Å². The fraction of sp³-hybridized carbons (Fsp3) is 0.344. The van der Waals surface area contributed by atoms with Gasteiger partial charge in [0.05, 0.1) is 22.4 Å². The molecule has 2 aromatic carbocycles. The number of benzene rings is 2. The standard InChI is InChI=1S/C32H35N5O3S/c1-5-36-16-8-9-21(18-36)34-30(38)29-28-27-25(14-15-33-31(27)41-29)37(32(39)35-28)24-13-12-22(17-20(24)4)40-26-11-7-6-10-23(26)19(2)3/h6-7,10-15,17,19,21H,5,8-9,16,18H2,1-4H3,(H,34,38)(H,35,39). The first-order valence-corrected chi connectivity index (χ1v) is 15.1. The van der Waals surface area contributed by atoms with Gasteiger partial charge >= 0.3 is 6.03 Å². The van der Waals surface area contributed by atoms with Crippen LogP contribution in [0.4, 0.5) is 21.9 Å². The predicted molar refractivity (Wildman–Crippen MR) is 165 cm³/mol. The molecule has 2 aliphatic rings. The lowest BCUT2D eigenvalue weighted by molar-refractivity contribution is 0.0911. The SMILES string of the molecule is CCN1CCCC(NC(=O)c2sc3nccc4c3c2NC(=O)N4c2ccc(Oc3ccccc3C(C)C)cc2C)C1. The molecule has 212 valence electrons. The summed E-state index contributed by atoms with van der Waals surface area (Å²) in [7, 11) is 0. The second-order valence-corrected chi connectivity index (χ2v) is 12.0. The van der Waals surface area contributed by atoms with Crippen LogP contribution >= 0.6 is 11.3 Å². The summed E-state index contributed by atoms with van der Waals surface area (Å²) >= 11 is 1.32. The Morgan fingerprint density at radius 2 is 2.02 bits per heavy atom. The molecule has 2 aliphatic heterocycles. The van der Waals surface area contributed by atoms with Crippen molar-refractivity contribution in [2.45, 2.75) is 52.5 Å². The number of nitrogens with one attached hydrogen (secondary N) is 2. The zero-order chi connectivity index (χ0) is 28.7. The maximum atomic E-state index is 13.6. The van der Waals surface area contributed by atoms with E-state index >= 15 is 0 Å². The smallest absolute Gasteiger partial charge is 0.331 e. The first-order valence-electron chi connectivity index (χ1n) is 14.3. The van der Waals surface area contributed by atoms with Crippen LogP contribution in [-0.2, 0) is 0 Å². The van der Waals surface area contributed by atoms with Crippen molar-refractivity contribution in [1.29, 1.82) is 0 Å². The minimum Gasteiger partial charge on any atom is -0.457 e. The average Bonchev–Trinajstić information content (AvgIpc) is 3.33. The first kappa shape index (κ1) is 27.2. The number of urea groups is 1. The number of carbonyl (C=O) groups excluding carboxylic acids is 2. The lowest BCUT2D eigenvalue weighted by Gasteiger charge is -2.32. The Hall–Kier alpha value is -3.95. The number of aryl methyl sites for hydroxylation is 1. The van der Waals surface area contributed by atoms with E-state index in [0.717, 1.165) is 65.3 Å². The third kappa shape index (κ3) is 5.15. The molecular weight excluding hydrogens is 534 g/mol. The molecule has 2 N–H and O–H groups in total. The summed E-state index contributed by atoms with van der Waals surface area (Å²) in [6, 6.07) is 15.4. The number of rotatable bonds is 7. The molecule has 1 unspecified atom stereocenters. The summed E-state index contributed by atoms with van der Waals surface area (Å²) in [6.45, 7) is 11.3. The lowest BCUT2D eigenvalue weighted by Crippen LogP contribution is -2.47. The number of nitrogens with zero attached hydrogens (tertiary/aromatic N) is 3. The molecule has 1 fully saturated rings. The number of hydrogen-bond donors (Lipinski definition) is 2. The lowest BCUT2D eigenvalue weighted by atomic mass is 10.0. The molecule has 0 saturated carbocycles. The molecule has 0 radical (unpaired) electrons. The molecule has 0 spiro atoms. The highest BCUT2D eigenvalue weighted by molar-refractivity contribution is 7.21. The summed E-state index contributed by atoms with van der Waals surface area (Å²) in [5.41, 5.74) is 4.02. The van der Waals surface area contributed by atoms with Crippen molar-refractivity contribution >= 4 is 50.6 Å². The zero-order valence-corrected chi connectivity index (χ0v) is 24.7. The Kier molecular flexibility index (Phi) is 7.40. The van der Waals surface area contributed by atoms with Gasteiger partial charge in [-0.1, -0.05) is 39.0 Å². The average molecular weight is 570 g/mol. The number of piperidine rings is 1. The second-order valence-electron chi connectivity index (χ2n) is 11.0. The van der Waals surface area contributed by atoms with Crippen LogP contribution in [-0.4, -0.2) is 47.5 Å². The molecule has 6 rings (SSSR count). The Bertz CT molecular complexity index is 1630. The molecule has 4 heterocycles. The molecule has 8 nitrogen and oxygen atoms in total. The van der Waals surface area contributed by atoms with Crippen molar-refractivity contribution in [1.82, 2.24) is 15.2 Å². The number of pyridine rings is 1. The van der Waals surface area contributed by atoms with Crippen molar-refractivity contribution in [3.05, 3.63) is 70.7 Å². The van der Waals surface area contributed by atoms with E-state index in [0.29, 0.717) is 27.9 Å². The molecule has 41 heavy (non-hydrogen) atoms. The van der Waals surface area contributed by atoms with Gasteiger partial charge in [0.25, 0.3) is 5.91 Å². The molecule has 0 aliphatic carbocycles. The highest BCUT2D eigenvalue weighted by Gasteiger charge is 2.34. The van der Waals surface area contributed by atoms with Gasteiger partial charge in [-0.05, 0) is 80.2 Å². The Morgan fingerprint density at radius 3 is 2.80 bits per heavy atom. The largest absolute Gasteiger partial charge is 0.457 e. The monoisotopic (exact) mass is 569 g/mol. The van der Waals surface area contributed by atoms with Crippen LogP contribution in [0, 0.1) is 6.92 Å². The van der Waals surface area contributed by atoms with E-state index in [1.54, 1.807) is 11.1 Å². The molecule has 3 amide bonds. The fourth-order valence-electron chi connectivity index (χ4n) is 5.81. The number of likely N-dealkylation sites (N-methyl/N-ethyl adjacent to an activating group) is 1. The number of carbonyl (C=O) groups is 2. The van der Waals surface area contributed by atoms with Gasteiger partial charge in [-0.15, -0.1) is 11.3 Å². The van der Waals surface area contributed by atoms with E-state index in [2.05, 4.69) is 47.4 Å². The van der Waals surface area contributed by atoms with Gasteiger partial charge in [0.15, 0.2) is 0 Å². The van der Waals surface area contributed by atoms with Gasteiger partial charge in [0.2, 0.25) is 0 Å². The summed E-state index contributed by atoms with van der Waals surface area (Å²) in [4.78, 5) is 36.8. The third-order valence-electron chi connectivity index (χ3n) is 7.92. The van der Waals surface area contributed by atoms with E-state index in [4.69, 9.17) is 4.74 Å². The van der Waals surface area contributed by atoms with Crippen LogP contribution in [0.1, 0.15) is 60.3 Å². The zero-order valence-electron chi connectivity index (χ0n) is 23.9. The number of hydrogen-bond acceptors (Lipinski definition) is 6. The van der Waals surface area contributed by atoms with Gasteiger partial charge in [-0.25, -0.2) is 9.78 Å². The minimum absolute atomic E-state index is 0.0905.